The third-order valence-corrected chi connectivity index (χ3v) is 7.09. The molecule has 3 nitrogen and oxygen atoms in total. The van der Waals surface area contributed by atoms with E-state index in [1.807, 2.05) is 6.92 Å². The van der Waals surface area contributed by atoms with Crippen LogP contribution in [0.3, 0.4) is 0 Å². The molecule has 0 aliphatic carbocycles. The molecule has 0 saturated heterocycles. The maximum atomic E-state index is 13.1. The lowest BCUT2D eigenvalue weighted by Crippen LogP contribution is -2.04. The summed E-state index contributed by atoms with van der Waals surface area (Å²) in [6.07, 6.45) is -0.483. The number of thiophene rings is 1. The van der Waals surface area contributed by atoms with Gasteiger partial charge >= 0.3 is 12.1 Å². The van der Waals surface area contributed by atoms with Crippen molar-refractivity contribution in [2.45, 2.75) is 65.0 Å². The Morgan fingerprint density at radius 1 is 1.00 bits per heavy atom. The number of carboxylic acids is 1. The Bertz CT molecular complexity index is 1160. The number of Topliss-reactive ketones (excluding diaryl/α,β-unsaturated/α-hetero) is 1. The first kappa shape index (κ1) is 25.0. The van der Waals surface area contributed by atoms with E-state index in [9.17, 15) is 22.8 Å². The summed E-state index contributed by atoms with van der Waals surface area (Å²) in [6.45, 7) is 3.93. The summed E-state index contributed by atoms with van der Waals surface area (Å²) in [5, 5.41) is 9.71. The molecular weight excluding hydrogens is 449 g/mol. The first-order valence-electron chi connectivity index (χ1n) is 11.1. The highest BCUT2D eigenvalue weighted by molar-refractivity contribution is 7.19. The summed E-state index contributed by atoms with van der Waals surface area (Å²) in [6, 6.07) is 9.22. The van der Waals surface area contributed by atoms with Crippen LogP contribution in [0.2, 0.25) is 0 Å². The van der Waals surface area contributed by atoms with E-state index in [0.717, 1.165) is 52.3 Å². The van der Waals surface area contributed by atoms with Crippen LogP contribution in [0, 0.1) is 6.92 Å². The standard InChI is InChI=1S/C26H27F3O3S/c1-3-4-5-20-21-10-9-19(26(27,28)29)15-24(21)33-23(20)12-11-22(30)18-7-6-17(16(2)14-18)8-13-25(31)32/h6-7,9-10,14-15H,3-5,8,11-13H2,1-2H3,(H,31,32). The number of benzene rings is 2. The van der Waals surface area contributed by atoms with Crippen molar-refractivity contribution in [2.75, 3.05) is 0 Å². The van der Waals surface area contributed by atoms with Crippen molar-refractivity contribution in [1.82, 2.24) is 0 Å². The molecule has 1 aromatic heterocycles. The Hall–Kier alpha value is -2.67. The number of fused-ring (bicyclic) bond motifs is 1. The molecule has 1 N–H and O–H groups in total. The quantitative estimate of drug-likeness (QED) is 0.310. The molecule has 0 bridgehead atoms. The first-order chi connectivity index (χ1) is 15.6. The predicted octanol–water partition coefficient (Wildman–Crippen LogP) is 7.40. The smallest absolute Gasteiger partial charge is 0.416 e. The van der Waals surface area contributed by atoms with Crippen molar-refractivity contribution in [2.24, 2.45) is 0 Å². The van der Waals surface area contributed by atoms with Gasteiger partial charge in [0.15, 0.2) is 5.78 Å². The van der Waals surface area contributed by atoms with Gasteiger partial charge in [-0.15, -0.1) is 11.3 Å². The van der Waals surface area contributed by atoms with Crippen molar-refractivity contribution in [3.8, 4) is 0 Å². The largest absolute Gasteiger partial charge is 0.481 e. The third kappa shape index (κ3) is 6.22. The van der Waals surface area contributed by atoms with Crippen LogP contribution in [-0.2, 0) is 30.2 Å². The van der Waals surface area contributed by atoms with Crippen LogP contribution in [0.1, 0.15) is 70.1 Å². The first-order valence-corrected chi connectivity index (χ1v) is 11.9. The molecule has 1 heterocycles. The number of halogens is 3. The maximum absolute atomic E-state index is 13.1. The molecule has 0 aliphatic heterocycles. The fourth-order valence-corrected chi connectivity index (χ4v) is 5.26. The lowest BCUT2D eigenvalue weighted by Gasteiger charge is -2.08. The highest BCUT2D eigenvalue weighted by atomic mass is 32.1. The molecule has 0 unspecified atom stereocenters. The highest BCUT2D eigenvalue weighted by Crippen LogP contribution is 2.38. The van der Waals surface area contributed by atoms with Gasteiger partial charge in [-0.3, -0.25) is 9.59 Å². The van der Waals surface area contributed by atoms with Crippen molar-refractivity contribution >= 4 is 33.2 Å². The van der Waals surface area contributed by atoms with Gasteiger partial charge in [0.2, 0.25) is 0 Å². The zero-order valence-corrected chi connectivity index (χ0v) is 19.5. The Morgan fingerprint density at radius 3 is 2.39 bits per heavy atom. The molecule has 7 heteroatoms. The van der Waals surface area contributed by atoms with Crippen molar-refractivity contribution in [3.63, 3.8) is 0 Å². The van der Waals surface area contributed by atoms with E-state index in [1.165, 1.54) is 17.4 Å². The van der Waals surface area contributed by atoms with E-state index >= 15 is 0 Å². The number of alkyl halides is 3. The molecule has 0 fully saturated rings. The molecule has 33 heavy (non-hydrogen) atoms. The number of hydrogen-bond acceptors (Lipinski definition) is 3. The number of carbonyl (C=O) groups is 2. The van der Waals surface area contributed by atoms with E-state index in [-0.39, 0.29) is 18.6 Å². The Morgan fingerprint density at radius 2 is 1.76 bits per heavy atom. The van der Waals surface area contributed by atoms with Crippen molar-refractivity contribution in [3.05, 3.63) is 69.1 Å². The van der Waals surface area contributed by atoms with Gasteiger partial charge in [0, 0.05) is 28.0 Å². The van der Waals surface area contributed by atoms with Crippen LogP contribution in [-0.4, -0.2) is 16.9 Å². The molecule has 0 amide bonds. The van der Waals surface area contributed by atoms with E-state index < -0.39 is 17.7 Å². The highest BCUT2D eigenvalue weighted by Gasteiger charge is 2.31. The SMILES string of the molecule is CCCCc1c(CCC(=O)c2ccc(CCC(=O)O)c(C)c2)sc2cc(C(F)(F)F)ccc12. The van der Waals surface area contributed by atoms with Crippen LogP contribution in [0.4, 0.5) is 13.2 Å². The molecular formula is C26H27F3O3S. The summed E-state index contributed by atoms with van der Waals surface area (Å²) < 4.78 is 40.0. The van der Waals surface area contributed by atoms with Gasteiger partial charge < -0.3 is 5.11 Å². The Balaban J connectivity index is 1.80. The van der Waals surface area contributed by atoms with Crippen LogP contribution in [0.5, 0.6) is 0 Å². The van der Waals surface area contributed by atoms with Gasteiger partial charge in [0.25, 0.3) is 0 Å². The monoisotopic (exact) mass is 476 g/mol. The van der Waals surface area contributed by atoms with Gasteiger partial charge in [-0.1, -0.05) is 31.5 Å². The van der Waals surface area contributed by atoms with Gasteiger partial charge in [0.05, 0.1) is 5.56 Å². The lowest BCUT2D eigenvalue weighted by atomic mass is 9.96. The second-order valence-electron chi connectivity index (χ2n) is 8.27. The number of aliphatic carboxylic acids is 1. The van der Waals surface area contributed by atoms with Gasteiger partial charge in [0.1, 0.15) is 0 Å². The minimum absolute atomic E-state index is 0.0298. The second-order valence-corrected chi connectivity index (χ2v) is 9.41. The second kappa shape index (κ2) is 10.5. The summed E-state index contributed by atoms with van der Waals surface area (Å²) in [4.78, 5) is 24.6. The zero-order valence-electron chi connectivity index (χ0n) is 18.7. The number of hydrogen-bond donors (Lipinski definition) is 1. The van der Waals surface area contributed by atoms with Crippen LogP contribution in [0.25, 0.3) is 10.1 Å². The van der Waals surface area contributed by atoms with Crippen molar-refractivity contribution < 1.29 is 27.9 Å². The van der Waals surface area contributed by atoms with E-state index in [2.05, 4.69) is 6.92 Å². The molecule has 2 aromatic carbocycles. The van der Waals surface area contributed by atoms with E-state index in [1.54, 1.807) is 24.3 Å². The topological polar surface area (TPSA) is 54.4 Å². The molecule has 0 spiro atoms. The van der Waals surface area contributed by atoms with Crippen LogP contribution in [0.15, 0.2) is 36.4 Å². The minimum Gasteiger partial charge on any atom is -0.481 e. The predicted molar refractivity (Wildman–Crippen MR) is 125 cm³/mol. The fraction of sp³-hybridized carbons (Fsp3) is 0.385. The van der Waals surface area contributed by atoms with Gasteiger partial charge in [-0.2, -0.15) is 13.2 Å². The molecule has 0 saturated carbocycles. The summed E-state index contributed by atoms with van der Waals surface area (Å²) in [5.74, 6) is -0.892. The zero-order chi connectivity index (χ0) is 24.2. The summed E-state index contributed by atoms with van der Waals surface area (Å²) >= 11 is 1.35. The summed E-state index contributed by atoms with van der Waals surface area (Å²) in [5.41, 5.74) is 2.76. The Labute approximate surface area is 195 Å². The average molecular weight is 477 g/mol. The minimum atomic E-state index is -4.38. The van der Waals surface area contributed by atoms with Gasteiger partial charge in [-0.25, -0.2) is 0 Å². The molecule has 3 aromatic rings. The molecule has 176 valence electrons. The van der Waals surface area contributed by atoms with E-state index in [0.29, 0.717) is 23.1 Å². The number of rotatable bonds is 10. The number of unbranched alkanes of at least 4 members (excludes halogenated alkanes) is 1. The number of aryl methyl sites for hydroxylation is 4. The molecule has 0 radical (unpaired) electrons. The van der Waals surface area contributed by atoms with Crippen LogP contribution >= 0.6 is 11.3 Å². The maximum Gasteiger partial charge on any atom is 0.416 e. The molecule has 3 rings (SSSR count). The normalized spacial score (nSPS) is 11.8. The number of carboxylic acid groups (broad SMARTS) is 1. The fourth-order valence-electron chi connectivity index (χ4n) is 3.97. The van der Waals surface area contributed by atoms with Gasteiger partial charge in [-0.05, 0) is 72.9 Å². The lowest BCUT2D eigenvalue weighted by molar-refractivity contribution is -0.138. The molecule has 0 atom stereocenters. The van der Waals surface area contributed by atoms with Crippen LogP contribution < -0.4 is 0 Å². The number of carbonyl (C=O) groups excluding carboxylic acids is 1. The number of ketones is 1. The summed E-state index contributed by atoms with van der Waals surface area (Å²) in [7, 11) is 0. The average Bonchev–Trinajstić information content (AvgIpc) is 3.11. The third-order valence-electron chi connectivity index (χ3n) is 5.84. The Kier molecular flexibility index (Phi) is 7.95. The van der Waals surface area contributed by atoms with Crippen molar-refractivity contribution in [1.29, 1.82) is 0 Å². The van der Waals surface area contributed by atoms with E-state index in [4.69, 9.17) is 5.11 Å². The molecule has 0 aliphatic rings.